The molecule has 0 unspecified atom stereocenters. The topological polar surface area (TPSA) is 79.6 Å². The van der Waals surface area contributed by atoms with Crippen LogP contribution in [0.15, 0.2) is 29.3 Å². The van der Waals surface area contributed by atoms with Crippen LogP contribution in [0.1, 0.15) is 29.2 Å². The minimum absolute atomic E-state index is 0.0127. The van der Waals surface area contributed by atoms with Crippen LogP contribution in [0.2, 0.25) is 4.34 Å². The maximum atomic E-state index is 12.8. The number of carboxylic acids is 1. The highest BCUT2D eigenvalue weighted by atomic mass is 35.5. The van der Waals surface area contributed by atoms with Crippen LogP contribution in [0.4, 0.5) is 0 Å². The van der Waals surface area contributed by atoms with Gasteiger partial charge in [0.15, 0.2) is 0 Å². The molecule has 0 aliphatic heterocycles. The number of hydrogen-bond acceptors (Lipinski definition) is 4. The second kappa shape index (κ2) is 7.04. The smallest absolute Gasteiger partial charge is 0.352 e. The van der Waals surface area contributed by atoms with Crippen molar-refractivity contribution >= 4 is 38.9 Å². The number of sulfonamides is 1. The summed E-state index contributed by atoms with van der Waals surface area (Å²) in [6, 6.07) is 4.70. The number of carbonyl (C=O) groups is 1. The quantitative estimate of drug-likeness (QED) is 0.805. The zero-order valence-electron chi connectivity index (χ0n) is 12.7. The fraction of sp³-hybridized carbons (Fsp3) is 0.357. The Balaban J connectivity index is 2.37. The molecule has 0 aliphatic carbocycles. The number of hydrogen-bond donors (Lipinski definition) is 1. The molecule has 0 fully saturated rings. The van der Waals surface area contributed by atoms with Crippen molar-refractivity contribution in [3.63, 3.8) is 0 Å². The maximum Gasteiger partial charge on any atom is 0.352 e. The van der Waals surface area contributed by atoms with Crippen molar-refractivity contribution in [1.82, 2.24) is 8.87 Å². The molecule has 0 atom stereocenters. The van der Waals surface area contributed by atoms with Crippen molar-refractivity contribution in [2.45, 2.75) is 31.8 Å². The van der Waals surface area contributed by atoms with Gasteiger partial charge in [-0.1, -0.05) is 18.5 Å². The molecule has 0 amide bonds. The van der Waals surface area contributed by atoms with E-state index in [0.29, 0.717) is 10.9 Å². The lowest BCUT2D eigenvalue weighted by Crippen LogP contribution is -2.29. The Kier molecular flexibility index (Phi) is 5.51. The molecule has 9 heteroatoms. The van der Waals surface area contributed by atoms with E-state index in [-0.39, 0.29) is 23.7 Å². The molecule has 2 aromatic rings. The molecule has 0 saturated heterocycles. The number of halogens is 1. The van der Waals surface area contributed by atoms with Gasteiger partial charge in [0.05, 0.1) is 4.34 Å². The Morgan fingerprint density at radius 2 is 2.09 bits per heavy atom. The lowest BCUT2D eigenvalue weighted by atomic mass is 10.4. The first-order valence-corrected chi connectivity index (χ1v) is 9.60. The Morgan fingerprint density at radius 1 is 1.39 bits per heavy atom. The van der Waals surface area contributed by atoms with Gasteiger partial charge in [0.2, 0.25) is 10.0 Å². The predicted molar refractivity (Wildman–Crippen MR) is 89.7 cm³/mol. The van der Waals surface area contributed by atoms with E-state index in [2.05, 4.69) is 0 Å². The van der Waals surface area contributed by atoms with Crippen LogP contribution in [0.5, 0.6) is 0 Å². The van der Waals surface area contributed by atoms with Crippen molar-refractivity contribution in [3.8, 4) is 0 Å². The van der Waals surface area contributed by atoms with E-state index in [4.69, 9.17) is 16.7 Å². The van der Waals surface area contributed by atoms with E-state index in [1.54, 1.807) is 26.0 Å². The summed E-state index contributed by atoms with van der Waals surface area (Å²) < 4.78 is 28.8. The zero-order chi connectivity index (χ0) is 17.2. The molecule has 23 heavy (non-hydrogen) atoms. The lowest BCUT2D eigenvalue weighted by Gasteiger charge is -2.18. The molecule has 0 bridgehead atoms. The summed E-state index contributed by atoms with van der Waals surface area (Å²) in [5.74, 6) is -1.15. The van der Waals surface area contributed by atoms with Crippen LogP contribution in [0.3, 0.4) is 0 Å². The summed E-state index contributed by atoms with van der Waals surface area (Å²) >= 11 is 7.20. The van der Waals surface area contributed by atoms with Crippen molar-refractivity contribution < 1.29 is 18.3 Å². The molecule has 0 aliphatic rings. The first kappa shape index (κ1) is 18.0. The van der Waals surface area contributed by atoms with Crippen molar-refractivity contribution in [2.24, 2.45) is 0 Å². The van der Waals surface area contributed by atoms with Gasteiger partial charge in [-0.05, 0) is 25.1 Å². The summed E-state index contributed by atoms with van der Waals surface area (Å²) in [5.41, 5.74) is -0.0405. The molecule has 2 rings (SSSR count). The minimum atomic E-state index is -3.77. The minimum Gasteiger partial charge on any atom is -0.477 e. The summed E-state index contributed by atoms with van der Waals surface area (Å²) in [4.78, 5) is 12.0. The number of nitrogens with zero attached hydrogens (tertiary/aromatic N) is 2. The first-order chi connectivity index (χ1) is 10.8. The molecular formula is C14H17ClN2O4S2. The van der Waals surface area contributed by atoms with E-state index in [9.17, 15) is 13.2 Å². The van der Waals surface area contributed by atoms with Crippen LogP contribution in [0.25, 0.3) is 0 Å². The number of aromatic nitrogens is 1. The molecular weight excluding hydrogens is 360 g/mol. The Bertz CT molecular complexity index is 811. The third-order valence-corrected chi connectivity index (χ3v) is 6.48. The zero-order valence-corrected chi connectivity index (χ0v) is 15.1. The van der Waals surface area contributed by atoms with Gasteiger partial charge >= 0.3 is 5.97 Å². The Morgan fingerprint density at radius 3 is 2.52 bits per heavy atom. The van der Waals surface area contributed by atoms with Crippen LogP contribution in [-0.4, -0.2) is 34.9 Å². The van der Waals surface area contributed by atoms with Gasteiger partial charge in [-0.2, -0.15) is 4.31 Å². The Hall–Kier alpha value is -1.35. The van der Waals surface area contributed by atoms with Crippen LogP contribution >= 0.6 is 22.9 Å². The van der Waals surface area contributed by atoms with E-state index in [1.807, 2.05) is 0 Å². The third-order valence-electron chi connectivity index (χ3n) is 3.38. The summed E-state index contributed by atoms with van der Waals surface area (Å²) in [5, 5.41) is 9.17. The van der Waals surface area contributed by atoms with Crippen LogP contribution < -0.4 is 0 Å². The normalized spacial score (nSPS) is 12.0. The molecule has 2 aromatic heterocycles. The fourth-order valence-electron chi connectivity index (χ4n) is 2.19. The van der Waals surface area contributed by atoms with Crippen LogP contribution in [-0.2, 0) is 23.1 Å². The van der Waals surface area contributed by atoms with Gasteiger partial charge in [0.25, 0.3) is 0 Å². The van der Waals surface area contributed by atoms with Crippen molar-refractivity contribution in [1.29, 1.82) is 0 Å². The van der Waals surface area contributed by atoms with Gasteiger partial charge in [0.1, 0.15) is 10.6 Å². The third kappa shape index (κ3) is 3.77. The van der Waals surface area contributed by atoms with Gasteiger partial charge in [-0.25, -0.2) is 13.2 Å². The first-order valence-electron chi connectivity index (χ1n) is 6.97. The van der Waals surface area contributed by atoms with Crippen molar-refractivity contribution in [2.75, 3.05) is 6.54 Å². The monoisotopic (exact) mass is 376 g/mol. The van der Waals surface area contributed by atoms with Gasteiger partial charge in [-0.3, -0.25) is 0 Å². The fourth-order valence-corrected chi connectivity index (χ4v) is 4.84. The number of thiophene rings is 1. The Labute approximate surface area is 144 Å². The largest absolute Gasteiger partial charge is 0.477 e. The number of aromatic carboxylic acids is 1. The standard InChI is InChI=1S/C14H17ClN2O4S2/c1-3-16-9-11(7-12(16)14(18)19)23(20,21)17(4-2)8-10-5-6-13(15)22-10/h5-7,9H,3-4,8H2,1-2H3,(H,18,19). The summed E-state index contributed by atoms with van der Waals surface area (Å²) in [6.07, 6.45) is 1.36. The lowest BCUT2D eigenvalue weighted by molar-refractivity contribution is 0.0685. The van der Waals surface area contributed by atoms with E-state index in [1.165, 1.54) is 32.5 Å². The van der Waals surface area contributed by atoms with E-state index >= 15 is 0 Å². The number of carboxylic acid groups (broad SMARTS) is 1. The summed E-state index contributed by atoms with van der Waals surface area (Å²) in [6.45, 7) is 4.35. The highest BCUT2D eigenvalue weighted by Gasteiger charge is 2.27. The highest BCUT2D eigenvalue weighted by molar-refractivity contribution is 7.89. The molecule has 0 aromatic carbocycles. The second-order valence-corrected chi connectivity index (χ2v) is 8.53. The van der Waals surface area contributed by atoms with E-state index < -0.39 is 16.0 Å². The molecule has 6 nitrogen and oxygen atoms in total. The molecule has 0 radical (unpaired) electrons. The summed E-state index contributed by atoms with van der Waals surface area (Å²) in [7, 11) is -3.77. The molecule has 126 valence electrons. The van der Waals surface area contributed by atoms with Crippen LogP contribution in [0, 0.1) is 0 Å². The molecule has 0 spiro atoms. The maximum absolute atomic E-state index is 12.8. The molecule has 0 saturated carbocycles. The average Bonchev–Trinajstić information content (AvgIpc) is 3.10. The molecule has 2 heterocycles. The van der Waals surface area contributed by atoms with Gasteiger partial charge in [-0.15, -0.1) is 11.3 Å². The van der Waals surface area contributed by atoms with E-state index in [0.717, 1.165) is 4.88 Å². The SMILES string of the molecule is CCN(Cc1ccc(Cl)s1)S(=O)(=O)c1cc(C(=O)O)n(CC)c1. The number of aryl methyl sites for hydroxylation is 1. The van der Waals surface area contributed by atoms with Gasteiger partial charge < -0.3 is 9.67 Å². The second-order valence-electron chi connectivity index (χ2n) is 4.79. The van der Waals surface area contributed by atoms with Gasteiger partial charge in [0, 0.05) is 30.7 Å². The average molecular weight is 377 g/mol. The number of rotatable bonds is 7. The highest BCUT2D eigenvalue weighted by Crippen LogP contribution is 2.26. The molecule has 1 N–H and O–H groups in total. The predicted octanol–water partition coefficient (Wildman–Crippen LogP) is 3.13. The van der Waals surface area contributed by atoms with Crippen molar-refractivity contribution in [3.05, 3.63) is 39.3 Å².